The monoisotopic (exact) mass is 546 g/mol. The Morgan fingerprint density at radius 2 is 1.60 bits per heavy atom. The smallest absolute Gasteiger partial charge is 0.294 e. The van der Waals surface area contributed by atoms with Crippen LogP contribution in [0, 0.1) is 5.41 Å². The number of halogens is 5. The second kappa shape index (κ2) is 8.33. The third-order valence-electron chi connectivity index (χ3n) is 5.95. The molecule has 35 heavy (non-hydrogen) atoms. The van der Waals surface area contributed by atoms with E-state index in [4.69, 9.17) is 23.2 Å². The van der Waals surface area contributed by atoms with Crippen molar-refractivity contribution in [1.82, 2.24) is 4.72 Å². The fraction of sp³-hybridized carbons (Fsp3) is 0.304. The molecule has 0 radical (unpaired) electrons. The van der Waals surface area contributed by atoms with E-state index in [9.17, 15) is 31.2 Å². The van der Waals surface area contributed by atoms with Gasteiger partial charge in [-0.25, -0.2) is 8.42 Å². The standard InChI is InChI=1S/C23H19Cl2F3N2O4S/c1-21(2)11-17-19(18(31)12-21)22(23(26,27)28,29-35(33,34)14-6-4-3-5-7-14)20(32)30(17)13-8-9-15(24)16(25)10-13/h3-10,29H,11-12H2,1-2H3. The number of carbonyl (C=O) groups excluding carboxylic acids is 2. The highest BCUT2D eigenvalue weighted by molar-refractivity contribution is 7.89. The molecule has 1 amide bonds. The first kappa shape index (κ1) is 25.7. The van der Waals surface area contributed by atoms with E-state index in [2.05, 4.69) is 0 Å². The number of carbonyl (C=O) groups is 2. The second-order valence-corrected chi connectivity index (χ2v) is 11.7. The van der Waals surface area contributed by atoms with E-state index in [1.165, 1.54) is 36.4 Å². The Bertz CT molecular complexity index is 1370. The molecule has 6 nitrogen and oxygen atoms in total. The molecule has 1 N–H and O–H groups in total. The first-order valence-corrected chi connectivity index (χ1v) is 12.6. The van der Waals surface area contributed by atoms with E-state index < -0.39 is 49.3 Å². The summed E-state index contributed by atoms with van der Waals surface area (Å²) in [7, 11) is -4.89. The highest BCUT2D eigenvalue weighted by Crippen LogP contribution is 2.53. The molecule has 0 aromatic heterocycles. The van der Waals surface area contributed by atoms with Crippen molar-refractivity contribution in [3.63, 3.8) is 0 Å². The first-order valence-electron chi connectivity index (χ1n) is 10.3. The zero-order valence-electron chi connectivity index (χ0n) is 18.4. The van der Waals surface area contributed by atoms with Crippen molar-refractivity contribution >= 4 is 50.6 Å². The third kappa shape index (κ3) is 4.16. The normalized spacial score (nSPS) is 22.5. The van der Waals surface area contributed by atoms with Gasteiger partial charge in [0.15, 0.2) is 5.78 Å². The maximum Gasteiger partial charge on any atom is 0.421 e. The summed E-state index contributed by atoms with van der Waals surface area (Å²) in [5.41, 5.74) is -5.85. The van der Waals surface area contributed by atoms with Crippen molar-refractivity contribution in [2.45, 2.75) is 43.3 Å². The van der Waals surface area contributed by atoms with Gasteiger partial charge in [-0.05, 0) is 42.2 Å². The van der Waals surface area contributed by atoms with Crippen LogP contribution in [0.25, 0.3) is 0 Å². The zero-order valence-corrected chi connectivity index (χ0v) is 20.7. The van der Waals surface area contributed by atoms with Crippen LogP contribution in [0.5, 0.6) is 0 Å². The van der Waals surface area contributed by atoms with Gasteiger partial charge in [-0.3, -0.25) is 14.5 Å². The van der Waals surface area contributed by atoms with Crippen LogP contribution in [-0.2, 0) is 19.6 Å². The fourth-order valence-electron chi connectivity index (χ4n) is 4.47. The maximum atomic E-state index is 14.9. The molecule has 1 heterocycles. The van der Waals surface area contributed by atoms with Gasteiger partial charge >= 0.3 is 6.18 Å². The van der Waals surface area contributed by atoms with Crippen molar-refractivity contribution in [1.29, 1.82) is 0 Å². The molecule has 1 atom stereocenters. The topological polar surface area (TPSA) is 83.6 Å². The summed E-state index contributed by atoms with van der Waals surface area (Å²) in [5.74, 6) is -2.64. The van der Waals surface area contributed by atoms with Gasteiger partial charge in [0.1, 0.15) is 0 Å². The summed E-state index contributed by atoms with van der Waals surface area (Å²) in [6.07, 6.45) is -5.89. The van der Waals surface area contributed by atoms with Crippen LogP contribution in [-0.4, -0.2) is 31.8 Å². The number of benzene rings is 2. The molecule has 12 heteroatoms. The molecule has 1 unspecified atom stereocenters. The summed E-state index contributed by atoms with van der Waals surface area (Å²) in [4.78, 5) is 27.1. The number of hydrogen-bond donors (Lipinski definition) is 1. The number of rotatable bonds is 4. The highest BCUT2D eigenvalue weighted by Gasteiger charge is 2.72. The summed E-state index contributed by atoms with van der Waals surface area (Å²) < 4.78 is 72.4. The maximum absolute atomic E-state index is 14.9. The summed E-state index contributed by atoms with van der Waals surface area (Å²) in [5, 5.41) is 0.0677. The number of ketones is 1. The lowest BCUT2D eigenvalue weighted by atomic mass is 9.72. The number of hydrogen-bond acceptors (Lipinski definition) is 4. The van der Waals surface area contributed by atoms with Crippen LogP contribution in [0.1, 0.15) is 26.7 Å². The number of Topliss-reactive ketones (excluding diaryl/α,β-unsaturated/α-hetero) is 1. The Morgan fingerprint density at radius 3 is 2.17 bits per heavy atom. The quantitative estimate of drug-likeness (QED) is 0.566. The van der Waals surface area contributed by atoms with E-state index in [1.807, 2.05) is 0 Å². The summed E-state index contributed by atoms with van der Waals surface area (Å²) in [6, 6.07) is 10.1. The Morgan fingerprint density at radius 1 is 0.971 bits per heavy atom. The minimum Gasteiger partial charge on any atom is -0.294 e. The van der Waals surface area contributed by atoms with Crippen molar-refractivity contribution in [3.05, 3.63) is 69.8 Å². The van der Waals surface area contributed by atoms with Crippen LogP contribution in [0.4, 0.5) is 18.9 Å². The predicted molar refractivity (Wildman–Crippen MR) is 125 cm³/mol. The van der Waals surface area contributed by atoms with Crippen molar-refractivity contribution in [2.75, 3.05) is 4.90 Å². The van der Waals surface area contributed by atoms with Gasteiger partial charge in [0.25, 0.3) is 5.91 Å². The molecule has 2 aromatic rings. The van der Waals surface area contributed by atoms with Crippen LogP contribution in [0.2, 0.25) is 10.0 Å². The lowest BCUT2D eigenvalue weighted by Crippen LogP contribution is -2.66. The van der Waals surface area contributed by atoms with E-state index in [0.29, 0.717) is 0 Å². The van der Waals surface area contributed by atoms with Crippen molar-refractivity contribution in [3.8, 4) is 0 Å². The molecule has 4 rings (SSSR count). The van der Waals surface area contributed by atoms with Gasteiger partial charge in [0, 0.05) is 12.1 Å². The summed E-state index contributed by atoms with van der Waals surface area (Å²) in [6.45, 7) is 3.35. The number of alkyl halides is 3. The average Bonchev–Trinajstić information content (AvgIpc) is 2.98. The molecule has 2 aromatic carbocycles. The van der Waals surface area contributed by atoms with Gasteiger partial charge in [0.2, 0.25) is 15.6 Å². The van der Waals surface area contributed by atoms with Crippen LogP contribution in [0.3, 0.4) is 0 Å². The average molecular weight is 547 g/mol. The van der Waals surface area contributed by atoms with E-state index in [0.717, 1.165) is 17.0 Å². The van der Waals surface area contributed by atoms with Crippen molar-refractivity contribution < 1.29 is 31.2 Å². The number of sulfonamides is 1. The second-order valence-electron chi connectivity index (χ2n) is 9.17. The lowest BCUT2D eigenvalue weighted by Gasteiger charge is -2.35. The Balaban J connectivity index is 2.01. The summed E-state index contributed by atoms with van der Waals surface area (Å²) >= 11 is 12.0. The Hall–Kier alpha value is -2.40. The van der Waals surface area contributed by atoms with Gasteiger partial charge in [-0.15, -0.1) is 0 Å². The van der Waals surface area contributed by atoms with E-state index >= 15 is 0 Å². The first-order chi connectivity index (χ1) is 16.1. The minimum atomic E-state index is -5.49. The van der Waals surface area contributed by atoms with Crippen LogP contribution in [0.15, 0.2) is 64.7 Å². The molecule has 2 aliphatic rings. The number of anilines is 1. The number of amides is 1. The van der Waals surface area contributed by atoms with Gasteiger partial charge < -0.3 is 0 Å². The molecule has 0 saturated heterocycles. The highest BCUT2D eigenvalue weighted by atomic mass is 35.5. The Labute approximate surface area is 209 Å². The molecule has 1 aliphatic heterocycles. The van der Waals surface area contributed by atoms with E-state index in [1.54, 1.807) is 18.6 Å². The molecule has 0 spiro atoms. The third-order valence-corrected chi connectivity index (χ3v) is 8.16. The number of allylic oxidation sites excluding steroid dienone is 1. The predicted octanol–water partition coefficient (Wildman–Crippen LogP) is 5.26. The molecule has 0 fully saturated rings. The van der Waals surface area contributed by atoms with Crippen molar-refractivity contribution in [2.24, 2.45) is 5.41 Å². The molecule has 186 valence electrons. The molecular weight excluding hydrogens is 528 g/mol. The molecule has 0 saturated carbocycles. The molecular formula is C23H19Cl2F3N2O4S. The molecule has 0 bridgehead atoms. The minimum absolute atomic E-state index is 0.0325. The number of nitrogens with one attached hydrogen (secondary N) is 1. The lowest BCUT2D eigenvalue weighted by molar-refractivity contribution is -0.184. The van der Waals surface area contributed by atoms with Gasteiger partial charge in [0.05, 0.1) is 26.2 Å². The molecule has 1 aliphatic carbocycles. The van der Waals surface area contributed by atoms with Gasteiger partial charge in [-0.2, -0.15) is 17.9 Å². The van der Waals surface area contributed by atoms with E-state index in [-0.39, 0.29) is 34.3 Å². The fourth-order valence-corrected chi connectivity index (χ4v) is 6.11. The number of nitrogens with zero attached hydrogens (tertiary/aromatic N) is 1. The van der Waals surface area contributed by atoms with Crippen LogP contribution >= 0.6 is 23.2 Å². The largest absolute Gasteiger partial charge is 0.421 e. The zero-order chi connectivity index (χ0) is 26.0. The Kier molecular flexibility index (Phi) is 6.11. The van der Waals surface area contributed by atoms with Crippen LogP contribution < -0.4 is 9.62 Å². The van der Waals surface area contributed by atoms with Gasteiger partial charge in [-0.1, -0.05) is 55.2 Å². The SMILES string of the molecule is CC1(C)CC(=O)C2=C(C1)N(c1ccc(Cl)c(Cl)c1)C(=O)C2(NS(=O)(=O)c1ccccc1)C(F)(F)F.